The van der Waals surface area contributed by atoms with Crippen LogP contribution in [0.25, 0.3) is 0 Å². The van der Waals surface area contributed by atoms with Crippen LogP contribution in [0.2, 0.25) is 0 Å². The van der Waals surface area contributed by atoms with Gasteiger partial charge in [0.05, 0.1) is 6.10 Å². The van der Waals surface area contributed by atoms with Gasteiger partial charge in [-0.25, -0.2) is 0 Å². The Labute approximate surface area is 62.1 Å². The van der Waals surface area contributed by atoms with Crippen LogP contribution in [0.15, 0.2) is 24.3 Å². The third-order valence-corrected chi connectivity index (χ3v) is 1.97. The Morgan fingerprint density at radius 1 is 1.50 bits per heavy atom. The zero-order chi connectivity index (χ0) is 7.56. The molecule has 0 fully saturated rings. The van der Waals surface area contributed by atoms with Crippen LogP contribution in [0.1, 0.15) is 19.8 Å². The smallest absolute Gasteiger partial charge is 0.0721 e. The highest BCUT2D eigenvalue weighted by molar-refractivity contribution is 5.11. The molecule has 0 spiro atoms. The molecule has 1 aliphatic carbocycles. The third kappa shape index (κ3) is 1.71. The molecule has 2 atom stereocenters. The van der Waals surface area contributed by atoms with Gasteiger partial charge in [-0.1, -0.05) is 24.3 Å². The van der Waals surface area contributed by atoms with Crippen molar-refractivity contribution >= 4 is 0 Å². The summed E-state index contributed by atoms with van der Waals surface area (Å²) in [5.41, 5.74) is 1.20. The van der Waals surface area contributed by atoms with Crippen LogP contribution in [0.3, 0.4) is 0 Å². The Balaban J connectivity index is 2.53. The van der Waals surface area contributed by atoms with Gasteiger partial charge in [-0.15, -0.1) is 0 Å². The first-order valence-corrected chi connectivity index (χ1v) is 3.72. The lowest BCUT2D eigenvalue weighted by atomic mass is 9.90. The van der Waals surface area contributed by atoms with E-state index >= 15 is 0 Å². The molecule has 1 heteroatoms. The van der Waals surface area contributed by atoms with Crippen molar-refractivity contribution in [2.24, 2.45) is 5.92 Å². The van der Waals surface area contributed by atoms with Crippen molar-refractivity contribution in [1.82, 2.24) is 0 Å². The summed E-state index contributed by atoms with van der Waals surface area (Å²) in [5, 5.41) is 9.09. The second-order valence-electron chi connectivity index (χ2n) is 2.98. The minimum Gasteiger partial charge on any atom is -0.389 e. The van der Waals surface area contributed by atoms with Gasteiger partial charge in [0.1, 0.15) is 0 Å². The maximum absolute atomic E-state index is 9.09. The number of aliphatic hydroxyl groups is 1. The quantitative estimate of drug-likeness (QED) is 0.548. The van der Waals surface area contributed by atoms with E-state index in [0.717, 1.165) is 12.8 Å². The molecule has 1 aliphatic rings. The van der Waals surface area contributed by atoms with Gasteiger partial charge in [-0.05, 0) is 25.7 Å². The number of allylic oxidation sites excluding steroid dienone is 2. The van der Waals surface area contributed by atoms with Crippen molar-refractivity contribution in [3.05, 3.63) is 24.3 Å². The van der Waals surface area contributed by atoms with Gasteiger partial charge >= 0.3 is 0 Å². The molecule has 0 unspecified atom stereocenters. The fourth-order valence-electron chi connectivity index (χ4n) is 1.22. The molecule has 0 heterocycles. The molecule has 10 heavy (non-hydrogen) atoms. The van der Waals surface area contributed by atoms with Gasteiger partial charge < -0.3 is 5.11 Å². The van der Waals surface area contributed by atoms with Crippen molar-refractivity contribution in [3.8, 4) is 0 Å². The van der Waals surface area contributed by atoms with Gasteiger partial charge in [0.2, 0.25) is 0 Å². The number of aliphatic hydroxyl groups excluding tert-OH is 1. The monoisotopic (exact) mass is 138 g/mol. The van der Waals surface area contributed by atoms with Crippen molar-refractivity contribution in [3.63, 3.8) is 0 Å². The Morgan fingerprint density at radius 3 is 2.60 bits per heavy atom. The predicted molar refractivity (Wildman–Crippen MR) is 42.7 cm³/mol. The standard InChI is InChI=1S/C9H14O/c1-7(2)8-3-5-9(10)6-4-8/h3,5,8-10H,1,4,6H2,2H3/t8-,9-/m0/s1. The predicted octanol–water partition coefficient (Wildman–Crippen LogP) is 1.89. The fraction of sp³-hybridized carbons (Fsp3) is 0.556. The molecule has 0 aliphatic heterocycles. The van der Waals surface area contributed by atoms with Crippen molar-refractivity contribution in [2.75, 3.05) is 0 Å². The molecule has 0 bridgehead atoms. The Hall–Kier alpha value is -0.560. The molecular weight excluding hydrogens is 124 g/mol. The van der Waals surface area contributed by atoms with Gasteiger partial charge in [-0.2, -0.15) is 0 Å². The highest BCUT2D eigenvalue weighted by Gasteiger charge is 2.12. The first kappa shape index (κ1) is 7.55. The highest BCUT2D eigenvalue weighted by atomic mass is 16.3. The number of hydrogen-bond donors (Lipinski definition) is 1. The molecule has 0 radical (unpaired) electrons. The van der Waals surface area contributed by atoms with Crippen LogP contribution >= 0.6 is 0 Å². The maximum Gasteiger partial charge on any atom is 0.0721 e. The summed E-state index contributed by atoms with van der Waals surface area (Å²) in [7, 11) is 0. The largest absolute Gasteiger partial charge is 0.389 e. The molecule has 0 saturated heterocycles. The molecule has 0 aromatic carbocycles. The summed E-state index contributed by atoms with van der Waals surface area (Å²) >= 11 is 0. The third-order valence-electron chi connectivity index (χ3n) is 1.97. The zero-order valence-corrected chi connectivity index (χ0v) is 6.38. The lowest BCUT2D eigenvalue weighted by Crippen LogP contribution is -2.12. The lowest BCUT2D eigenvalue weighted by molar-refractivity contribution is 0.198. The molecule has 1 rings (SSSR count). The topological polar surface area (TPSA) is 20.2 Å². The number of hydrogen-bond acceptors (Lipinski definition) is 1. The van der Waals surface area contributed by atoms with Crippen LogP contribution < -0.4 is 0 Å². The molecule has 0 aromatic rings. The number of rotatable bonds is 1. The first-order valence-electron chi connectivity index (χ1n) is 3.72. The van der Waals surface area contributed by atoms with Crippen LogP contribution in [0.4, 0.5) is 0 Å². The summed E-state index contributed by atoms with van der Waals surface area (Å²) in [6.07, 6.45) is 5.64. The summed E-state index contributed by atoms with van der Waals surface area (Å²) in [5.74, 6) is 0.503. The Bertz CT molecular complexity index is 158. The van der Waals surface area contributed by atoms with E-state index < -0.39 is 0 Å². The van der Waals surface area contributed by atoms with Crippen LogP contribution in [0.5, 0.6) is 0 Å². The summed E-state index contributed by atoms with van der Waals surface area (Å²) in [6.45, 7) is 5.91. The summed E-state index contributed by atoms with van der Waals surface area (Å²) < 4.78 is 0. The van der Waals surface area contributed by atoms with Crippen LogP contribution in [-0.2, 0) is 0 Å². The second kappa shape index (κ2) is 3.02. The van der Waals surface area contributed by atoms with E-state index in [9.17, 15) is 0 Å². The molecule has 0 amide bonds. The normalized spacial score (nSPS) is 32.2. The van der Waals surface area contributed by atoms with Crippen molar-refractivity contribution in [2.45, 2.75) is 25.9 Å². The average Bonchev–Trinajstić information content (AvgIpc) is 1.88. The Morgan fingerprint density at radius 2 is 2.20 bits per heavy atom. The molecule has 1 N–H and O–H groups in total. The minimum atomic E-state index is -0.212. The zero-order valence-electron chi connectivity index (χ0n) is 6.38. The summed E-state index contributed by atoms with van der Waals surface area (Å²) in [4.78, 5) is 0. The van der Waals surface area contributed by atoms with Gasteiger partial charge in [0.15, 0.2) is 0 Å². The van der Waals surface area contributed by atoms with E-state index in [4.69, 9.17) is 5.11 Å². The lowest BCUT2D eigenvalue weighted by Gasteiger charge is -2.19. The molecule has 0 aromatic heterocycles. The molecule has 1 nitrogen and oxygen atoms in total. The van der Waals surface area contributed by atoms with Gasteiger partial charge in [-0.3, -0.25) is 0 Å². The van der Waals surface area contributed by atoms with Crippen LogP contribution in [-0.4, -0.2) is 11.2 Å². The summed E-state index contributed by atoms with van der Waals surface area (Å²) in [6, 6.07) is 0. The van der Waals surface area contributed by atoms with E-state index in [1.54, 1.807) is 0 Å². The van der Waals surface area contributed by atoms with E-state index in [1.165, 1.54) is 5.57 Å². The highest BCUT2D eigenvalue weighted by Crippen LogP contribution is 2.22. The van der Waals surface area contributed by atoms with E-state index in [-0.39, 0.29) is 6.10 Å². The molecule has 0 saturated carbocycles. The second-order valence-corrected chi connectivity index (χ2v) is 2.98. The van der Waals surface area contributed by atoms with Gasteiger partial charge in [0, 0.05) is 0 Å². The van der Waals surface area contributed by atoms with Crippen molar-refractivity contribution < 1.29 is 5.11 Å². The maximum atomic E-state index is 9.09. The van der Waals surface area contributed by atoms with E-state index in [0.29, 0.717) is 5.92 Å². The fourth-order valence-corrected chi connectivity index (χ4v) is 1.22. The average molecular weight is 138 g/mol. The Kier molecular flexibility index (Phi) is 2.28. The van der Waals surface area contributed by atoms with Crippen molar-refractivity contribution in [1.29, 1.82) is 0 Å². The SMILES string of the molecule is C=C(C)[C@H]1C=C[C@H](O)CC1. The molecule has 56 valence electrons. The first-order chi connectivity index (χ1) is 4.70. The minimum absolute atomic E-state index is 0.212. The van der Waals surface area contributed by atoms with E-state index in [1.807, 2.05) is 13.0 Å². The molecular formula is C9H14O. The van der Waals surface area contributed by atoms with E-state index in [2.05, 4.69) is 12.7 Å². The van der Waals surface area contributed by atoms with Crippen LogP contribution in [0, 0.1) is 5.92 Å². The van der Waals surface area contributed by atoms with Gasteiger partial charge in [0.25, 0.3) is 0 Å².